The van der Waals surface area contributed by atoms with Crippen molar-refractivity contribution in [3.8, 4) is 0 Å². The smallest absolute Gasteiger partial charge is 0.540 e. The summed E-state index contributed by atoms with van der Waals surface area (Å²) in [5, 5.41) is 13.4. The minimum absolute atomic E-state index is 0. The van der Waals surface area contributed by atoms with Crippen LogP contribution in [0.4, 0.5) is 0 Å². The molecule has 1 aromatic heterocycles. The summed E-state index contributed by atoms with van der Waals surface area (Å²) in [4.78, 5) is 13.5. The van der Waals surface area contributed by atoms with Gasteiger partial charge >= 0.3 is 51.4 Å². The Morgan fingerprint density at radius 1 is 1.73 bits per heavy atom. The fraction of sp³-hybridized carbons (Fsp3) is 0.400. The number of hydrogen-bond donors (Lipinski definition) is 0. The zero-order chi connectivity index (χ0) is 7.56. The number of aromatic nitrogens is 2. The van der Waals surface area contributed by atoms with Gasteiger partial charge in [0.2, 0.25) is 0 Å². The Hall–Kier alpha value is 0.246. The first-order valence-electron chi connectivity index (χ1n) is 2.78. The van der Waals surface area contributed by atoms with Gasteiger partial charge in [-0.05, 0) is 0 Å². The van der Waals surface area contributed by atoms with Gasteiger partial charge in [0.15, 0.2) is 5.82 Å². The van der Waals surface area contributed by atoms with E-state index < -0.39 is 11.9 Å². The van der Waals surface area contributed by atoms with Gasteiger partial charge < -0.3 is 14.4 Å². The van der Waals surface area contributed by atoms with Crippen molar-refractivity contribution < 1.29 is 65.8 Å². The van der Waals surface area contributed by atoms with E-state index >= 15 is 0 Å². The predicted octanol–water partition coefficient (Wildman–Crippen LogP) is -4.00. The standard InChI is InChI=1S/C5H6N2O3.K/c1-2-3-6-4(5(8)9)10-7-3;/h2H2,1H3,(H,8,9);/q;+1/p-1. The van der Waals surface area contributed by atoms with Crippen LogP contribution >= 0.6 is 0 Å². The molecule has 0 bridgehead atoms. The van der Waals surface area contributed by atoms with Crippen LogP contribution in [0.3, 0.4) is 0 Å². The third kappa shape index (κ3) is 3.00. The minimum Gasteiger partial charge on any atom is -0.540 e. The summed E-state index contributed by atoms with van der Waals surface area (Å²) in [5.41, 5.74) is 0. The second-order valence-electron chi connectivity index (χ2n) is 1.66. The second kappa shape index (κ2) is 4.99. The molecule has 0 saturated carbocycles. The Morgan fingerprint density at radius 2 is 2.36 bits per heavy atom. The van der Waals surface area contributed by atoms with Crippen molar-refractivity contribution in [1.82, 2.24) is 10.1 Å². The summed E-state index contributed by atoms with van der Waals surface area (Å²) >= 11 is 0. The van der Waals surface area contributed by atoms with Crippen molar-refractivity contribution in [3.05, 3.63) is 11.7 Å². The van der Waals surface area contributed by atoms with E-state index in [-0.39, 0.29) is 51.4 Å². The van der Waals surface area contributed by atoms with Crippen LogP contribution in [0.15, 0.2) is 4.52 Å². The average molecular weight is 180 g/mol. The number of aromatic carboxylic acids is 1. The fourth-order valence-electron chi connectivity index (χ4n) is 0.480. The van der Waals surface area contributed by atoms with Crippen molar-refractivity contribution >= 4 is 5.97 Å². The van der Waals surface area contributed by atoms with E-state index in [0.717, 1.165) is 0 Å². The third-order valence-corrected chi connectivity index (χ3v) is 0.959. The summed E-state index contributed by atoms with van der Waals surface area (Å²) in [7, 11) is 0. The average Bonchev–Trinajstić information content (AvgIpc) is 2.34. The predicted molar refractivity (Wildman–Crippen MR) is 28.0 cm³/mol. The Kier molecular flexibility index (Phi) is 5.10. The van der Waals surface area contributed by atoms with Gasteiger partial charge in [0.25, 0.3) is 5.89 Å². The van der Waals surface area contributed by atoms with Crippen molar-refractivity contribution in [3.63, 3.8) is 0 Å². The van der Waals surface area contributed by atoms with Crippen LogP contribution in [-0.2, 0) is 6.42 Å². The molecular formula is C5H5KN2O3. The number of carbonyl (C=O) groups excluding carboxylic acids is 1. The zero-order valence-electron chi connectivity index (χ0n) is 6.33. The third-order valence-electron chi connectivity index (χ3n) is 0.959. The molecule has 1 aromatic rings. The molecule has 0 spiro atoms. The van der Waals surface area contributed by atoms with E-state index in [1.54, 1.807) is 6.92 Å². The van der Waals surface area contributed by atoms with Gasteiger partial charge in [-0.2, -0.15) is 4.98 Å². The molecule has 1 rings (SSSR count). The molecule has 11 heavy (non-hydrogen) atoms. The van der Waals surface area contributed by atoms with Crippen LogP contribution in [0, 0.1) is 0 Å². The van der Waals surface area contributed by atoms with Gasteiger partial charge in [-0.1, -0.05) is 12.1 Å². The molecule has 0 aliphatic rings. The Bertz CT molecular complexity index is 248. The van der Waals surface area contributed by atoms with Crippen LogP contribution in [0.25, 0.3) is 0 Å². The molecule has 0 unspecified atom stereocenters. The molecule has 54 valence electrons. The SMILES string of the molecule is CCc1noc(C(=O)[O-])n1.[K+]. The van der Waals surface area contributed by atoms with Gasteiger partial charge in [0.05, 0.1) is 0 Å². The Morgan fingerprint density at radius 3 is 2.64 bits per heavy atom. The number of hydrogen-bond acceptors (Lipinski definition) is 5. The largest absolute Gasteiger partial charge is 1.00 e. The molecule has 0 aliphatic heterocycles. The molecule has 0 aromatic carbocycles. The van der Waals surface area contributed by atoms with E-state index in [0.29, 0.717) is 12.2 Å². The molecule has 0 amide bonds. The van der Waals surface area contributed by atoms with Gasteiger partial charge in [-0.15, -0.1) is 0 Å². The maximum Gasteiger partial charge on any atom is 1.00 e. The molecule has 0 N–H and O–H groups in total. The molecule has 0 radical (unpaired) electrons. The van der Waals surface area contributed by atoms with E-state index in [9.17, 15) is 9.90 Å². The fourth-order valence-corrected chi connectivity index (χ4v) is 0.480. The molecule has 0 aliphatic carbocycles. The van der Waals surface area contributed by atoms with Crippen molar-refractivity contribution in [1.29, 1.82) is 0 Å². The van der Waals surface area contributed by atoms with E-state index in [2.05, 4.69) is 14.7 Å². The molecule has 0 atom stereocenters. The first-order chi connectivity index (χ1) is 4.74. The molecule has 1 heterocycles. The minimum atomic E-state index is -1.44. The first-order valence-corrected chi connectivity index (χ1v) is 2.78. The van der Waals surface area contributed by atoms with Gasteiger partial charge in [0.1, 0.15) is 5.97 Å². The van der Waals surface area contributed by atoms with Crippen LogP contribution in [-0.4, -0.2) is 16.1 Å². The summed E-state index contributed by atoms with van der Waals surface area (Å²) in [6.45, 7) is 1.80. The van der Waals surface area contributed by atoms with Crippen LogP contribution < -0.4 is 56.5 Å². The van der Waals surface area contributed by atoms with Crippen LogP contribution in [0.2, 0.25) is 0 Å². The number of carboxylic acids is 1. The number of nitrogens with zero attached hydrogens (tertiary/aromatic N) is 2. The van der Waals surface area contributed by atoms with E-state index in [4.69, 9.17) is 0 Å². The van der Waals surface area contributed by atoms with Crippen LogP contribution in [0.5, 0.6) is 0 Å². The molecule has 0 fully saturated rings. The van der Waals surface area contributed by atoms with E-state index in [1.807, 2.05) is 0 Å². The van der Waals surface area contributed by atoms with E-state index in [1.165, 1.54) is 0 Å². The number of rotatable bonds is 2. The monoisotopic (exact) mass is 180 g/mol. The van der Waals surface area contributed by atoms with Gasteiger partial charge in [-0.3, -0.25) is 0 Å². The molecule has 0 saturated heterocycles. The number of aryl methyl sites for hydroxylation is 1. The number of carboxylic acid groups (broad SMARTS) is 1. The summed E-state index contributed by atoms with van der Waals surface area (Å²) in [5.74, 6) is -1.52. The summed E-state index contributed by atoms with van der Waals surface area (Å²) in [6.07, 6.45) is 0.552. The molecule has 6 heteroatoms. The maximum atomic E-state index is 10.0. The molecule has 5 nitrogen and oxygen atoms in total. The first kappa shape index (κ1) is 11.2. The Labute approximate surface area is 106 Å². The van der Waals surface area contributed by atoms with Gasteiger partial charge in [0, 0.05) is 6.42 Å². The number of carbonyl (C=O) groups is 1. The van der Waals surface area contributed by atoms with Crippen molar-refractivity contribution in [2.24, 2.45) is 0 Å². The van der Waals surface area contributed by atoms with Crippen LogP contribution in [0.1, 0.15) is 23.4 Å². The Balaban J connectivity index is 0.000001000. The topological polar surface area (TPSA) is 79.0 Å². The quantitative estimate of drug-likeness (QED) is 0.433. The van der Waals surface area contributed by atoms with Gasteiger partial charge in [-0.25, -0.2) is 0 Å². The molecular weight excluding hydrogens is 175 g/mol. The summed E-state index contributed by atoms with van der Waals surface area (Å²) in [6, 6.07) is 0. The zero-order valence-corrected chi connectivity index (χ0v) is 9.45. The maximum absolute atomic E-state index is 10.0. The van der Waals surface area contributed by atoms with Crippen molar-refractivity contribution in [2.75, 3.05) is 0 Å². The second-order valence-corrected chi connectivity index (χ2v) is 1.66. The van der Waals surface area contributed by atoms with Crippen molar-refractivity contribution in [2.45, 2.75) is 13.3 Å². The summed E-state index contributed by atoms with van der Waals surface area (Å²) < 4.78 is 4.29. The normalized spacial score (nSPS) is 8.82.